The highest BCUT2D eigenvalue weighted by atomic mass is 32.2. The van der Waals surface area contributed by atoms with Gasteiger partial charge in [-0.15, -0.1) is 0 Å². The summed E-state index contributed by atoms with van der Waals surface area (Å²) >= 11 is 0. The van der Waals surface area contributed by atoms with Gasteiger partial charge in [0.1, 0.15) is 11.4 Å². The van der Waals surface area contributed by atoms with E-state index in [1.54, 1.807) is 4.72 Å². The molecule has 0 aromatic heterocycles. The van der Waals surface area contributed by atoms with Gasteiger partial charge in [0.05, 0.1) is 17.9 Å². The minimum atomic E-state index is -4.49. The third kappa shape index (κ3) is 5.47. The number of nitrogens with one attached hydrogen (secondary N) is 2. The van der Waals surface area contributed by atoms with Crippen molar-refractivity contribution in [2.75, 3.05) is 11.0 Å². The molecule has 12 heteroatoms. The average Bonchev–Trinajstić information content (AvgIpc) is 2.68. The number of aryl methyl sites for hydroxylation is 1. The van der Waals surface area contributed by atoms with Crippen molar-refractivity contribution < 1.29 is 39.9 Å². The Balaban J connectivity index is 1.70. The lowest BCUT2D eigenvalue weighted by atomic mass is 9.99. The molecule has 1 amide bonds. The van der Waals surface area contributed by atoms with Crippen molar-refractivity contribution in [2.24, 2.45) is 0 Å². The maximum atomic E-state index is 14.2. The topological polar surface area (TPSA) is 84.5 Å². The molecular weight excluding hydrogens is 459 g/mol. The smallest absolute Gasteiger partial charge is 0.416 e. The van der Waals surface area contributed by atoms with Gasteiger partial charge in [-0.2, -0.15) is 13.2 Å². The summed E-state index contributed by atoms with van der Waals surface area (Å²) in [5, 5.41) is 2.54. The minimum absolute atomic E-state index is 0.0402. The second-order valence-corrected chi connectivity index (χ2v) is 9.18. The van der Waals surface area contributed by atoms with Crippen molar-refractivity contribution in [3.63, 3.8) is 0 Å². The number of carbonyl (C=O) groups excluding carboxylic acids is 1. The Morgan fingerprint density at radius 2 is 1.78 bits per heavy atom. The molecule has 3 rings (SSSR count). The average molecular weight is 478 g/mol. The molecule has 2 aromatic carbocycles. The number of sulfonamides is 1. The number of hydrogen-bond donors (Lipinski definition) is 2. The van der Waals surface area contributed by atoms with Gasteiger partial charge in [-0.3, -0.25) is 9.52 Å². The second-order valence-electron chi connectivity index (χ2n) is 7.43. The fraction of sp³-hybridized carbons (Fsp3) is 0.350. The van der Waals surface area contributed by atoms with Crippen LogP contribution in [-0.4, -0.2) is 26.7 Å². The van der Waals surface area contributed by atoms with Crippen molar-refractivity contribution in [2.45, 2.75) is 38.1 Å². The molecule has 0 saturated carbocycles. The maximum Gasteiger partial charge on any atom is 0.416 e. The van der Waals surface area contributed by atoms with E-state index in [9.17, 15) is 35.2 Å². The van der Waals surface area contributed by atoms with E-state index < -0.39 is 57.1 Å². The van der Waals surface area contributed by atoms with Crippen LogP contribution in [0.15, 0.2) is 30.3 Å². The van der Waals surface area contributed by atoms with E-state index >= 15 is 0 Å². The molecule has 2 N–H and O–H groups in total. The minimum Gasteiger partial charge on any atom is -0.480 e. The Labute approximate surface area is 180 Å². The lowest BCUT2D eigenvalue weighted by Crippen LogP contribution is -2.41. The Kier molecular flexibility index (Phi) is 6.36. The van der Waals surface area contributed by atoms with E-state index in [2.05, 4.69) is 5.32 Å². The summed E-state index contributed by atoms with van der Waals surface area (Å²) in [6.07, 6.45) is -4.44. The van der Waals surface area contributed by atoms with Gasteiger partial charge in [0, 0.05) is 0 Å². The van der Waals surface area contributed by atoms with Crippen LogP contribution < -0.4 is 14.8 Å². The van der Waals surface area contributed by atoms with Crippen LogP contribution in [0.4, 0.5) is 27.6 Å². The number of anilines is 1. The molecule has 0 spiro atoms. The summed E-state index contributed by atoms with van der Waals surface area (Å²) in [5.74, 6) is -2.77. The van der Waals surface area contributed by atoms with Crippen LogP contribution in [0, 0.1) is 11.6 Å². The number of halogens is 5. The van der Waals surface area contributed by atoms with Crippen molar-refractivity contribution >= 4 is 21.6 Å². The van der Waals surface area contributed by atoms with E-state index in [-0.39, 0.29) is 24.2 Å². The van der Waals surface area contributed by atoms with E-state index in [0.29, 0.717) is 5.56 Å². The molecule has 2 unspecified atom stereocenters. The van der Waals surface area contributed by atoms with Gasteiger partial charge in [-0.1, -0.05) is 0 Å². The van der Waals surface area contributed by atoms with Gasteiger partial charge in [0.25, 0.3) is 5.91 Å². The normalized spacial score (nSPS) is 17.2. The largest absolute Gasteiger partial charge is 0.480 e. The Hall–Kier alpha value is -2.89. The van der Waals surface area contributed by atoms with Crippen LogP contribution in [0.25, 0.3) is 0 Å². The summed E-state index contributed by atoms with van der Waals surface area (Å²) in [5.41, 5.74) is -1.28. The predicted octanol–water partition coefficient (Wildman–Crippen LogP) is 3.93. The van der Waals surface area contributed by atoms with E-state index in [1.807, 2.05) is 0 Å². The van der Waals surface area contributed by atoms with Gasteiger partial charge in [0.15, 0.2) is 17.7 Å². The first kappa shape index (κ1) is 23.8. The van der Waals surface area contributed by atoms with Gasteiger partial charge in [0.2, 0.25) is 10.0 Å². The number of rotatable bonds is 5. The first-order valence-electron chi connectivity index (χ1n) is 9.38. The van der Waals surface area contributed by atoms with E-state index in [1.165, 1.54) is 6.92 Å². The predicted molar refractivity (Wildman–Crippen MR) is 106 cm³/mol. The molecule has 0 saturated heterocycles. The van der Waals surface area contributed by atoms with Crippen molar-refractivity contribution in [1.82, 2.24) is 5.32 Å². The quantitative estimate of drug-likeness (QED) is 0.638. The fourth-order valence-corrected chi connectivity index (χ4v) is 3.83. The summed E-state index contributed by atoms with van der Waals surface area (Å²) < 4.78 is 96.6. The number of alkyl halides is 3. The summed E-state index contributed by atoms with van der Waals surface area (Å²) in [6.45, 7) is 1.46. The first-order chi connectivity index (χ1) is 14.7. The fourth-order valence-electron chi connectivity index (χ4n) is 3.26. The second kappa shape index (κ2) is 8.57. The van der Waals surface area contributed by atoms with Crippen molar-refractivity contribution in [1.29, 1.82) is 0 Å². The van der Waals surface area contributed by atoms with Crippen LogP contribution in [0.2, 0.25) is 0 Å². The van der Waals surface area contributed by atoms with Crippen LogP contribution in [0.1, 0.15) is 36.1 Å². The van der Waals surface area contributed by atoms with Crippen molar-refractivity contribution in [3.8, 4) is 5.75 Å². The molecule has 2 atom stereocenters. The molecule has 2 aromatic rings. The lowest BCUT2D eigenvalue weighted by Gasteiger charge is -2.27. The van der Waals surface area contributed by atoms with Crippen LogP contribution in [-0.2, 0) is 27.4 Å². The molecule has 1 heterocycles. The van der Waals surface area contributed by atoms with Gasteiger partial charge >= 0.3 is 6.18 Å². The SMILES string of the molecule is CC(NC(=O)C1CCc2cc(C(F)(F)F)ccc2O1)c1cc(F)c(NS(C)(=O)=O)c(F)c1. The zero-order valence-corrected chi connectivity index (χ0v) is 17.7. The number of ether oxygens (including phenoxy) is 1. The van der Waals surface area contributed by atoms with Crippen molar-refractivity contribution in [3.05, 3.63) is 58.7 Å². The standard InChI is InChI=1S/C20H19F5N2O4S/c1-10(12-8-14(21)18(15(22)9-12)27-32(2,29)30)26-19(28)17-5-3-11-7-13(20(23,24)25)4-6-16(11)31-17/h4,6-10,17,27H,3,5H2,1-2H3,(H,26,28). The summed E-state index contributed by atoms with van der Waals surface area (Å²) in [7, 11) is -3.90. The molecule has 0 bridgehead atoms. The van der Waals surface area contributed by atoms with Crippen LogP contribution in [0.5, 0.6) is 5.75 Å². The number of fused-ring (bicyclic) bond motifs is 1. The molecule has 6 nitrogen and oxygen atoms in total. The lowest BCUT2D eigenvalue weighted by molar-refractivity contribution is -0.138. The zero-order valence-electron chi connectivity index (χ0n) is 16.9. The van der Waals surface area contributed by atoms with Gasteiger partial charge < -0.3 is 10.1 Å². The van der Waals surface area contributed by atoms with Gasteiger partial charge in [-0.05, 0) is 61.2 Å². The Bertz CT molecular complexity index is 1130. The molecule has 0 aliphatic carbocycles. The number of carbonyl (C=O) groups is 1. The first-order valence-corrected chi connectivity index (χ1v) is 11.3. The van der Waals surface area contributed by atoms with Gasteiger partial charge in [-0.25, -0.2) is 17.2 Å². The number of amides is 1. The van der Waals surface area contributed by atoms with E-state index in [4.69, 9.17) is 4.74 Å². The zero-order chi connectivity index (χ0) is 23.8. The summed E-state index contributed by atoms with van der Waals surface area (Å²) in [4.78, 5) is 12.5. The monoisotopic (exact) mass is 478 g/mol. The third-order valence-corrected chi connectivity index (χ3v) is 5.41. The highest BCUT2D eigenvalue weighted by Crippen LogP contribution is 2.35. The third-order valence-electron chi connectivity index (χ3n) is 4.84. The molecular formula is C20H19F5N2O4S. The molecule has 174 valence electrons. The Morgan fingerprint density at radius 3 is 2.34 bits per heavy atom. The van der Waals surface area contributed by atoms with E-state index in [0.717, 1.165) is 36.6 Å². The summed E-state index contributed by atoms with van der Waals surface area (Å²) in [6, 6.07) is 3.90. The number of hydrogen-bond acceptors (Lipinski definition) is 4. The van der Waals surface area contributed by atoms with Crippen LogP contribution in [0.3, 0.4) is 0 Å². The highest BCUT2D eigenvalue weighted by Gasteiger charge is 2.33. The maximum absolute atomic E-state index is 14.2. The molecule has 32 heavy (non-hydrogen) atoms. The highest BCUT2D eigenvalue weighted by molar-refractivity contribution is 7.92. The molecule has 1 aliphatic heterocycles. The molecule has 0 fully saturated rings. The molecule has 1 aliphatic rings. The number of benzene rings is 2. The molecule has 0 radical (unpaired) electrons. The van der Waals surface area contributed by atoms with Crippen LogP contribution >= 0.6 is 0 Å². The Morgan fingerprint density at radius 1 is 1.16 bits per heavy atom.